The highest BCUT2D eigenvalue weighted by molar-refractivity contribution is 7.47. The van der Waals surface area contributed by atoms with E-state index in [1.807, 2.05) is 0 Å². The predicted molar refractivity (Wildman–Crippen MR) is 228 cm³/mol. The van der Waals surface area contributed by atoms with Gasteiger partial charge in [-0.3, -0.25) is 18.6 Å². The molecule has 0 aliphatic rings. The van der Waals surface area contributed by atoms with Crippen LogP contribution in [0.25, 0.3) is 0 Å². The number of unbranched alkanes of at least 4 members (excludes halogenated alkanes) is 8. The summed E-state index contributed by atoms with van der Waals surface area (Å²) in [6.45, 7) is 3.41. The molecule has 0 rings (SSSR count). The molecule has 0 aliphatic heterocycles. The maximum atomic E-state index is 12.6. The number of ether oxygens (including phenoxy) is 2. The Balaban J connectivity index is 4.30. The Labute approximate surface area is 334 Å². The van der Waals surface area contributed by atoms with E-state index < -0.39 is 32.5 Å². The maximum absolute atomic E-state index is 12.6. The van der Waals surface area contributed by atoms with Crippen molar-refractivity contribution in [3.63, 3.8) is 0 Å². The van der Waals surface area contributed by atoms with Crippen molar-refractivity contribution < 1.29 is 37.6 Å². The van der Waals surface area contributed by atoms with Crippen molar-refractivity contribution in [1.29, 1.82) is 0 Å². The second-order valence-corrected chi connectivity index (χ2v) is 14.5. The second kappa shape index (κ2) is 40.6. The summed E-state index contributed by atoms with van der Waals surface area (Å²) in [7, 11) is -4.40. The molecule has 9 nitrogen and oxygen atoms in total. The molecule has 55 heavy (non-hydrogen) atoms. The van der Waals surface area contributed by atoms with Gasteiger partial charge in [0.05, 0.1) is 13.2 Å². The molecule has 0 radical (unpaired) electrons. The number of carbonyl (C=O) groups excluding carboxylic acids is 2. The molecule has 2 atom stereocenters. The summed E-state index contributed by atoms with van der Waals surface area (Å²) >= 11 is 0. The first-order valence-corrected chi connectivity index (χ1v) is 22.2. The standard InChI is InChI=1S/C45H74NO8P/c1-3-5-7-9-11-13-15-17-19-20-21-22-24-26-28-30-32-34-36-38-45(48)54-43(42-53-55(49,50)52-40-39-46)41-51-44(47)37-35-33-31-29-27-25-23-18-16-14-12-10-8-6-4-2/h5-8,11-14,17-19,21-23,26,28,43H,3-4,9-10,15-16,20,24-25,27,29-42,46H2,1-2H3,(H,49,50)/t43-/m1/s1. The van der Waals surface area contributed by atoms with E-state index in [1.165, 1.54) is 0 Å². The first-order valence-electron chi connectivity index (χ1n) is 20.7. The fourth-order valence-electron chi connectivity index (χ4n) is 4.97. The van der Waals surface area contributed by atoms with E-state index in [2.05, 4.69) is 111 Å². The number of hydrogen-bond donors (Lipinski definition) is 2. The highest BCUT2D eigenvalue weighted by atomic mass is 31.2. The first kappa shape index (κ1) is 51.9. The Kier molecular flexibility index (Phi) is 38.3. The summed E-state index contributed by atoms with van der Waals surface area (Å²) in [5.74, 6) is -0.898. The fourth-order valence-corrected chi connectivity index (χ4v) is 5.73. The van der Waals surface area contributed by atoms with E-state index >= 15 is 0 Å². The molecule has 3 N–H and O–H groups in total. The Morgan fingerprint density at radius 3 is 1.42 bits per heavy atom. The molecule has 0 aliphatic carbocycles. The largest absolute Gasteiger partial charge is 0.472 e. The average molecular weight is 788 g/mol. The van der Waals surface area contributed by atoms with Gasteiger partial charge < -0.3 is 20.1 Å². The highest BCUT2D eigenvalue weighted by Gasteiger charge is 2.25. The van der Waals surface area contributed by atoms with E-state index in [4.69, 9.17) is 24.3 Å². The molecule has 1 unspecified atom stereocenters. The Hall–Kier alpha value is -3.07. The summed E-state index contributed by atoms with van der Waals surface area (Å²) in [6.07, 6.45) is 51.5. The summed E-state index contributed by atoms with van der Waals surface area (Å²) in [5.41, 5.74) is 5.34. The van der Waals surface area contributed by atoms with Crippen molar-refractivity contribution in [3.05, 3.63) is 97.2 Å². The minimum absolute atomic E-state index is 0.0392. The monoisotopic (exact) mass is 788 g/mol. The molecule has 0 heterocycles. The molecule has 0 aromatic carbocycles. The molecule has 0 aromatic heterocycles. The quantitative estimate of drug-likeness (QED) is 0.0273. The van der Waals surface area contributed by atoms with Crippen molar-refractivity contribution in [2.45, 2.75) is 148 Å². The molecule has 312 valence electrons. The summed E-state index contributed by atoms with van der Waals surface area (Å²) in [4.78, 5) is 34.8. The van der Waals surface area contributed by atoms with Gasteiger partial charge in [0.15, 0.2) is 6.10 Å². The zero-order valence-corrected chi connectivity index (χ0v) is 35.0. The zero-order valence-electron chi connectivity index (χ0n) is 34.1. The molecular weight excluding hydrogens is 713 g/mol. The molecule has 0 bridgehead atoms. The van der Waals surface area contributed by atoms with Gasteiger partial charge in [0, 0.05) is 19.4 Å². The molecule has 0 saturated carbocycles. The van der Waals surface area contributed by atoms with Crippen LogP contribution in [-0.4, -0.2) is 49.3 Å². The number of rotatable bonds is 37. The summed E-state index contributed by atoms with van der Waals surface area (Å²) in [5, 5.41) is 0. The fraction of sp³-hybridized carbons (Fsp3) is 0.600. The third-order valence-electron chi connectivity index (χ3n) is 7.97. The van der Waals surface area contributed by atoms with Crippen LogP contribution in [0.3, 0.4) is 0 Å². The average Bonchev–Trinajstić information content (AvgIpc) is 3.17. The molecule has 0 fully saturated rings. The van der Waals surface area contributed by atoms with Gasteiger partial charge in [0.2, 0.25) is 0 Å². The molecule has 10 heteroatoms. The molecular formula is C45H74NO8P. The summed E-state index contributed by atoms with van der Waals surface area (Å²) in [6, 6.07) is 0. The van der Waals surface area contributed by atoms with Crippen molar-refractivity contribution in [3.8, 4) is 0 Å². The van der Waals surface area contributed by atoms with Gasteiger partial charge in [-0.2, -0.15) is 0 Å². The lowest BCUT2D eigenvalue weighted by Crippen LogP contribution is -2.29. The topological polar surface area (TPSA) is 134 Å². The number of allylic oxidation sites excluding steroid dienone is 16. The molecule has 0 amide bonds. The smallest absolute Gasteiger partial charge is 0.462 e. The van der Waals surface area contributed by atoms with Crippen LogP contribution in [0.15, 0.2) is 97.2 Å². The molecule has 0 spiro atoms. The van der Waals surface area contributed by atoms with Crippen molar-refractivity contribution in [2.24, 2.45) is 5.73 Å². The van der Waals surface area contributed by atoms with Gasteiger partial charge in [0.1, 0.15) is 6.61 Å². The Morgan fingerprint density at radius 1 is 0.545 bits per heavy atom. The third-order valence-corrected chi connectivity index (χ3v) is 8.95. The van der Waals surface area contributed by atoms with Gasteiger partial charge in [0.25, 0.3) is 0 Å². The van der Waals surface area contributed by atoms with Crippen molar-refractivity contribution in [1.82, 2.24) is 0 Å². The first-order chi connectivity index (χ1) is 26.8. The van der Waals surface area contributed by atoms with Gasteiger partial charge in [-0.15, -0.1) is 0 Å². The normalized spacial score (nSPS) is 14.3. The van der Waals surface area contributed by atoms with Crippen LogP contribution in [0.1, 0.15) is 142 Å². The van der Waals surface area contributed by atoms with Crippen LogP contribution in [0.4, 0.5) is 0 Å². The summed E-state index contributed by atoms with van der Waals surface area (Å²) < 4.78 is 32.7. The van der Waals surface area contributed by atoms with E-state index in [0.29, 0.717) is 12.8 Å². The lowest BCUT2D eigenvalue weighted by molar-refractivity contribution is -0.161. The maximum Gasteiger partial charge on any atom is 0.472 e. The van der Waals surface area contributed by atoms with Gasteiger partial charge >= 0.3 is 19.8 Å². The van der Waals surface area contributed by atoms with E-state index in [1.54, 1.807) is 0 Å². The van der Waals surface area contributed by atoms with Crippen LogP contribution >= 0.6 is 7.82 Å². The zero-order chi connectivity index (χ0) is 40.3. The Morgan fingerprint density at radius 2 is 0.945 bits per heavy atom. The van der Waals surface area contributed by atoms with Crippen molar-refractivity contribution >= 4 is 19.8 Å². The number of carbonyl (C=O) groups is 2. The predicted octanol–water partition coefficient (Wildman–Crippen LogP) is 11.8. The van der Waals surface area contributed by atoms with Crippen molar-refractivity contribution in [2.75, 3.05) is 26.4 Å². The number of hydrogen-bond acceptors (Lipinski definition) is 8. The number of nitrogens with two attached hydrogens (primary N) is 1. The highest BCUT2D eigenvalue weighted by Crippen LogP contribution is 2.43. The minimum atomic E-state index is -4.40. The van der Waals surface area contributed by atoms with Crippen LogP contribution in [0.5, 0.6) is 0 Å². The lowest BCUT2D eigenvalue weighted by Gasteiger charge is -2.19. The van der Waals surface area contributed by atoms with E-state index in [0.717, 1.165) is 103 Å². The van der Waals surface area contributed by atoms with Crippen LogP contribution in [0, 0.1) is 0 Å². The van der Waals surface area contributed by atoms with E-state index in [9.17, 15) is 19.0 Å². The lowest BCUT2D eigenvalue weighted by atomic mass is 10.1. The van der Waals surface area contributed by atoms with Crippen LogP contribution < -0.4 is 5.73 Å². The number of phosphoric ester groups is 1. The Bertz CT molecular complexity index is 1220. The van der Waals surface area contributed by atoms with Gasteiger partial charge in [-0.25, -0.2) is 4.57 Å². The SMILES string of the molecule is CCC=CCC=CCC=CCC=CCC=CCCCCCC(=O)O[C@H](COC(=O)CCCCCCCC=CCC=CCC=CCC)COP(=O)(O)OCCN. The van der Waals surface area contributed by atoms with Crippen LogP contribution in [0.2, 0.25) is 0 Å². The number of esters is 2. The molecule has 0 aromatic rings. The van der Waals surface area contributed by atoms with E-state index in [-0.39, 0.29) is 32.6 Å². The second-order valence-electron chi connectivity index (χ2n) is 13.1. The van der Waals surface area contributed by atoms with Gasteiger partial charge in [-0.05, 0) is 89.9 Å². The molecule has 0 saturated heterocycles. The number of phosphoric acid groups is 1. The van der Waals surface area contributed by atoms with Crippen LogP contribution in [-0.2, 0) is 32.7 Å². The minimum Gasteiger partial charge on any atom is -0.462 e. The van der Waals surface area contributed by atoms with Gasteiger partial charge in [-0.1, -0.05) is 137 Å². The third kappa shape index (κ3) is 40.4.